The lowest BCUT2D eigenvalue weighted by atomic mass is 10.0. The molecule has 1 aliphatic rings. The van der Waals surface area contributed by atoms with Crippen molar-refractivity contribution in [1.29, 1.82) is 0 Å². The minimum atomic E-state index is -0.0832. The van der Waals surface area contributed by atoms with Crippen LogP contribution in [0.1, 0.15) is 26.2 Å². The van der Waals surface area contributed by atoms with Crippen LogP contribution >= 0.6 is 11.6 Å². The number of hydrogen-bond donors (Lipinski definition) is 2. The van der Waals surface area contributed by atoms with Crippen LogP contribution in [0, 0.1) is 0 Å². The first kappa shape index (κ1) is 18.0. The van der Waals surface area contributed by atoms with Gasteiger partial charge in [-0.1, -0.05) is 11.6 Å². The summed E-state index contributed by atoms with van der Waals surface area (Å²) in [7, 11) is 0. The number of amides is 1. The number of nitrogens with zero attached hydrogens (tertiary/aromatic N) is 1. The van der Waals surface area contributed by atoms with Gasteiger partial charge in [0.05, 0.1) is 0 Å². The SMILES string of the molecule is CC(N)CC(=O)NC1CCN(CCOc2ccc(Cl)cc2)CC1. The molecular formula is C17H26ClN3O2. The van der Waals surface area contributed by atoms with Crippen LogP contribution in [0.2, 0.25) is 5.02 Å². The van der Waals surface area contributed by atoms with Crippen LogP contribution in [-0.4, -0.2) is 49.1 Å². The minimum Gasteiger partial charge on any atom is -0.492 e. The summed E-state index contributed by atoms with van der Waals surface area (Å²) in [5, 5.41) is 3.78. The highest BCUT2D eigenvalue weighted by Gasteiger charge is 2.20. The summed E-state index contributed by atoms with van der Waals surface area (Å²) in [6.45, 7) is 5.36. The molecule has 1 aliphatic heterocycles. The molecule has 3 N–H and O–H groups in total. The second kappa shape index (κ2) is 9.11. The molecule has 23 heavy (non-hydrogen) atoms. The maximum atomic E-state index is 11.7. The molecule has 0 radical (unpaired) electrons. The number of carbonyl (C=O) groups excluding carboxylic acids is 1. The van der Waals surface area contributed by atoms with Crippen molar-refractivity contribution in [3.8, 4) is 5.75 Å². The quantitative estimate of drug-likeness (QED) is 0.797. The zero-order valence-electron chi connectivity index (χ0n) is 13.6. The van der Waals surface area contributed by atoms with E-state index in [1.807, 2.05) is 31.2 Å². The summed E-state index contributed by atoms with van der Waals surface area (Å²) in [6.07, 6.45) is 2.35. The van der Waals surface area contributed by atoms with Crippen LogP contribution in [0.25, 0.3) is 0 Å². The zero-order valence-corrected chi connectivity index (χ0v) is 14.4. The minimum absolute atomic E-state index is 0.0597. The van der Waals surface area contributed by atoms with Gasteiger partial charge in [0, 0.05) is 43.2 Å². The fourth-order valence-electron chi connectivity index (χ4n) is 2.70. The molecule has 0 aliphatic carbocycles. The van der Waals surface area contributed by atoms with E-state index in [1.54, 1.807) is 0 Å². The van der Waals surface area contributed by atoms with Crippen LogP contribution < -0.4 is 15.8 Å². The third kappa shape index (κ3) is 6.77. The Labute approximate surface area is 143 Å². The van der Waals surface area contributed by atoms with E-state index in [0.29, 0.717) is 18.1 Å². The van der Waals surface area contributed by atoms with Gasteiger partial charge in [0.15, 0.2) is 0 Å². The first-order valence-corrected chi connectivity index (χ1v) is 8.56. The molecule has 0 bridgehead atoms. The molecule has 0 spiro atoms. The number of nitrogens with two attached hydrogens (primary N) is 1. The lowest BCUT2D eigenvalue weighted by molar-refractivity contribution is -0.122. The normalized spacial score (nSPS) is 17.7. The summed E-state index contributed by atoms with van der Waals surface area (Å²) in [5.41, 5.74) is 5.64. The van der Waals surface area contributed by atoms with Crippen molar-refractivity contribution in [1.82, 2.24) is 10.2 Å². The summed E-state index contributed by atoms with van der Waals surface area (Å²) < 4.78 is 5.71. The average Bonchev–Trinajstić information content (AvgIpc) is 2.50. The van der Waals surface area contributed by atoms with Crippen LogP contribution in [0.3, 0.4) is 0 Å². The van der Waals surface area contributed by atoms with Gasteiger partial charge in [-0.3, -0.25) is 9.69 Å². The number of piperidine rings is 1. The van der Waals surface area contributed by atoms with E-state index in [0.717, 1.165) is 38.2 Å². The van der Waals surface area contributed by atoms with Gasteiger partial charge in [-0.15, -0.1) is 0 Å². The monoisotopic (exact) mass is 339 g/mol. The van der Waals surface area contributed by atoms with Crippen molar-refractivity contribution in [2.45, 2.75) is 38.3 Å². The number of rotatable bonds is 7. The van der Waals surface area contributed by atoms with Gasteiger partial charge in [-0.2, -0.15) is 0 Å². The Hall–Kier alpha value is -1.30. The zero-order chi connectivity index (χ0) is 16.7. The largest absolute Gasteiger partial charge is 0.492 e. The van der Waals surface area contributed by atoms with Gasteiger partial charge in [-0.05, 0) is 44.0 Å². The Morgan fingerprint density at radius 2 is 2.04 bits per heavy atom. The van der Waals surface area contributed by atoms with Crippen molar-refractivity contribution in [2.24, 2.45) is 5.73 Å². The highest BCUT2D eigenvalue weighted by molar-refractivity contribution is 6.30. The van der Waals surface area contributed by atoms with Gasteiger partial charge >= 0.3 is 0 Å². The molecule has 2 rings (SSSR count). The number of hydrogen-bond acceptors (Lipinski definition) is 4. The van der Waals surface area contributed by atoms with Crippen molar-refractivity contribution < 1.29 is 9.53 Å². The molecule has 1 atom stereocenters. The molecule has 128 valence electrons. The van der Waals surface area contributed by atoms with E-state index in [1.165, 1.54) is 0 Å². The average molecular weight is 340 g/mol. The van der Waals surface area contributed by atoms with E-state index in [2.05, 4.69) is 10.2 Å². The summed E-state index contributed by atoms with van der Waals surface area (Å²) >= 11 is 5.84. The molecule has 6 heteroatoms. The maximum Gasteiger partial charge on any atom is 0.221 e. The smallest absolute Gasteiger partial charge is 0.221 e. The van der Waals surface area contributed by atoms with E-state index in [9.17, 15) is 4.79 Å². The molecule has 1 heterocycles. The molecule has 1 unspecified atom stereocenters. The van der Waals surface area contributed by atoms with Crippen molar-refractivity contribution >= 4 is 17.5 Å². The number of nitrogens with one attached hydrogen (secondary N) is 1. The number of ether oxygens (including phenoxy) is 1. The second-order valence-corrected chi connectivity index (χ2v) is 6.60. The number of halogens is 1. The Bertz CT molecular complexity index is 485. The van der Waals surface area contributed by atoms with Crippen molar-refractivity contribution in [3.63, 3.8) is 0 Å². The number of benzene rings is 1. The van der Waals surface area contributed by atoms with Crippen LogP contribution in [0.15, 0.2) is 24.3 Å². The summed E-state index contributed by atoms with van der Waals surface area (Å²) in [5.74, 6) is 0.900. The van der Waals surface area contributed by atoms with E-state index in [4.69, 9.17) is 22.1 Å². The van der Waals surface area contributed by atoms with E-state index < -0.39 is 0 Å². The van der Waals surface area contributed by atoms with Crippen LogP contribution in [0.5, 0.6) is 5.75 Å². The van der Waals surface area contributed by atoms with Gasteiger partial charge < -0.3 is 15.8 Å². The molecule has 1 saturated heterocycles. The Balaban J connectivity index is 1.61. The predicted molar refractivity (Wildman–Crippen MR) is 92.8 cm³/mol. The predicted octanol–water partition coefficient (Wildman–Crippen LogP) is 2.04. The highest BCUT2D eigenvalue weighted by atomic mass is 35.5. The van der Waals surface area contributed by atoms with Crippen LogP contribution in [-0.2, 0) is 4.79 Å². The highest BCUT2D eigenvalue weighted by Crippen LogP contribution is 2.16. The first-order valence-electron chi connectivity index (χ1n) is 8.18. The molecule has 1 amide bonds. The molecular weight excluding hydrogens is 314 g/mol. The van der Waals surface area contributed by atoms with Crippen LogP contribution in [0.4, 0.5) is 0 Å². The maximum absolute atomic E-state index is 11.7. The topological polar surface area (TPSA) is 67.6 Å². The number of likely N-dealkylation sites (tertiary alicyclic amines) is 1. The third-order valence-electron chi connectivity index (χ3n) is 3.95. The lowest BCUT2D eigenvalue weighted by Gasteiger charge is -2.32. The molecule has 5 nitrogen and oxygen atoms in total. The summed E-state index contributed by atoms with van der Waals surface area (Å²) in [6, 6.07) is 7.60. The molecule has 1 aromatic carbocycles. The Kier molecular flexibility index (Phi) is 7.15. The first-order chi connectivity index (χ1) is 11.0. The Morgan fingerprint density at radius 3 is 2.65 bits per heavy atom. The summed E-state index contributed by atoms with van der Waals surface area (Å²) in [4.78, 5) is 14.1. The van der Waals surface area contributed by atoms with Gasteiger partial charge in [0.25, 0.3) is 0 Å². The molecule has 0 aromatic heterocycles. The van der Waals surface area contributed by atoms with Gasteiger partial charge in [0.1, 0.15) is 12.4 Å². The van der Waals surface area contributed by atoms with Crippen molar-refractivity contribution in [3.05, 3.63) is 29.3 Å². The molecule has 1 aromatic rings. The Morgan fingerprint density at radius 1 is 1.39 bits per heavy atom. The van der Waals surface area contributed by atoms with Gasteiger partial charge in [0.2, 0.25) is 5.91 Å². The molecule has 0 saturated carbocycles. The van der Waals surface area contributed by atoms with Crippen molar-refractivity contribution in [2.75, 3.05) is 26.2 Å². The van der Waals surface area contributed by atoms with E-state index >= 15 is 0 Å². The molecule has 1 fully saturated rings. The van der Waals surface area contributed by atoms with Gasteiger partial charge in [-0.25, -0.2) is 0 Å². The fraction of sp³-hybridized carbons (Fsp3) is 0.588. The van der Waals surface area contributed by atoms with E-state index in [-0.39, 0.29) is 18.0 Å². The fourth-order valence-corrected chi connectivity index (χ4v) is 2.83. The second-order valence-electron chi connectivity index (χ2n) is 6.17. The number of carbonyl (C=O) groups is 1. The standard InChI is InChI=1S/C17H26ClN3O2/c1-13(19)12-17(22)20-15-6-8-21(9-7-15)10-11-23-16-4-2-14(18)3-5-16/h2-5,13,15H,6-12,19H2,1H3,(H,20,22). The lowest BCUT2D eigenvalue weighted by Crippen LogP contribution is -2.46. The third-order valence-corrected chi connectivity index (χ3v) is 4.20.